The normalized spacial score (nSPS) is 41.3. The second-order valence-electron chi connectivity index (χ2n) is 11.1. The average Bonchev–Trinajstić information content (AvgIpc) is 3.51. The van der Waals surface area contributed by atoms with E-state index < -0.39 is 89.5 Å². The van der Waals surface area contributed by atoms with E-state index in [2.05, 4.69) is 29.9 Å². The molecular weight excluding hydrogens is 658 g/mol. The molecule has 0 amide bonds. The van der Waals surface area contributed by atoms with Crippen molar-refractivity contribution < 1.29 is 56.9 Å². The van der Waals surface area contributed by atoms with E-state index in [4.69, 9.17) is 39.2 Å². The van der Waals surface area contributed by atoms with E-state index in [0.29, 0.717) is 5.65 Å². The number of nitrogens with two attached hydrogens (primary N) is 2. The number of fused-ring (bicyclic) bond motifs is 7. The minimum absolute atomic E-state index is 0.0436. The maximum Gasteiger partial charge on any atom is 0.472 e. The first-order chi connectivity index (χ1) is 21.9. The molecule has 7 heterocycles. The molecule has 24 heteroatoms. The van der Waals surface area contributed by atoms with E-state index in [-0.39, 0.29) is 28.3 Å². The topological polar surface area (TPSA) is 310 Å². The highest BCUT2D eigenvalue weighted by atomic mass is 31.2. The first-order valence-electron chi connectivity index (χ1n) is 13.7. The summed E-state index contributed by atoms with van der Waals surface area (Å²) < 4.78 is 62.5. The first kappa shape index (κ1) is 30.1. The summed E-state index contributed by atoms with van der Waals surface area (Å²) in [5.41, 5.74) is 12.7. The monoisotopic (exact) mass is 684 g/mol. The maximum absolute atomic E-state index is 13.2. The Morgan fingerprint density at radius 3 is 2.20 bits per heavy atom. The molecule has 46 heavy (non-hydrogen) atoms. The molecule has 3 saturated heterocycles. The van der Waals surface area contributed by atoms with Crippen LogP contribution in [0.1, 0.15) is 12.3 Å². The fraction of sp³-hybridized carbons (Fsp3) is 0.545. The van der Waals surface area contributed by atoms with E-state index in [1.807, 2.05) is 0 Å². The Hall–Kier alpha value is -3.24. The number of nitrogen functional groups attached to an aromatic ring is 2. The van der Waals surface area contributed by atoms with Gasteiger partial charge in [-0.1, -0.05) is 0 Å². The highest BCUT2D eigenvalue weighted by molar-refractivity contribution is 7.52. The van der Waals surface area contributed by atoms with Gasteiger partial charge in [0, 0.05) is 0 Å². The van der Waals surface area contributed by atoms with Gasteiger partial charge < -0.3 is 54.8 Å². The predicted molar refractivity (Wildman–Crippen MR) is 148 cm³/mol. The number of imidazole rings is 2. The Morgan fingerprint density at radius 2 is 1.50 bits per heavy atom. The molecular formula is C22H26N10O12P2. The van der Waals surface area contributed by atoms with Crippen LogP contribution in [0.2, 0.25) is 0 Å². The van der Waals surface area contributed by atoms with Crippen LogP contribution in [-0.4, -0.2) is 115 Å². The Balaban J connectivity index is 1.09. The van der Waals surface area contributed by atoms with Crippen molar-refractivity contribution in [1.29, 1.82) is 0 Å². The number of rotatable bonds is 2. The molecule has 7 unspecified atom stereocenters. The second kappa shape index (κ2) is 10.4. The number of hydrogen-bond acceptors (Lipinski definition) is 18. The van der Waals surface area contributed by atoms with Gasteiger partial charge in [0.15, 0.2) is 34.9 Å². The summed E-state index contributed by atoms with van der Waals surface area (Å²) >= 11 is 0. The van der Waals surface area contributed by atoms with Crippen molar-refractivity contribution in [2.24, 2.45) is 5.92 Å². The van der Waals surface area contributed by atoms with Gasteiger partial charge in [0.05, 0.1) is 37.9 Å². The number of phosphoric ester groups is 1. The van der Waals surface area contributed by atoms with Gasteiger partial charge in [0.25, 0.3) is 0 Å². The molecule has 4 aliphatic rings. The number of aliphatic hydroxyl groups excluding tert-OH is 1. The molecule has 22 nitrogen and oxygen atoms in total. The van der Waals surface area contributed by atoms with Crippen LogP contribution in [0.15, 0.2) is 25.3 Å². The van der Waals surface area contributed by atoms with Crippen LogP contribution in [0.3, 0.4) is 0 Å². The van der Waals surface area contributed by atoms with Gasteiger partial charge in [-0.05, 0) is 0 Å². The van der Waals surface area contributed by atoms with Gasteiger partial charge in [0.1, 0.15) is 60.5 Å². The standard InChI is InChI=1S/C22H26N10O12P2/c23-17-11-19(27-3-25-17)31(5-29-11)16-10-14-9(43-22(10,16)34)2-41-46(37,38)44-15-13(33)8(1-40-45(35,36)7-39-14)42-21(15)32-6-30-12-18(24)26-4-28-20(12)32/h3-6,8-10,13-16,21,33-34H,1-2,7H2,(H,35,36)(H,37,38)(H2,23,25,27)(H2,24,26,28)/t8-,9-,10?,13?,14?,15?,16+,21-,22?/m1/s1. The zero-order chi connectivity index (χ0) is 32.2. The van der Waals surface area contributed by atoms with E-state index in [9.17, 15) is 29.1 Å². The largest absolute Gasteiger partial charge is 0.472 e. The number of nitrogens with zero attached hydrogens (tertiary/aromatic N) is 8. The van der Waals surface area contributed by atoms with Crippen molar-refractivity contribution in [3.8, 4) is 0 Å². The molecule has 0 radical (unpaired) electrons. The molecule has 1 aliphatic carbocycles. The van der Waals surface area contributed by atoms with Gasteiger partial charge in [-0.25, -0.2) is 34.5 Å². The Labute approximate surface area is 256 Å². The highest BCUT2D eigenvalue weighted by Gasteiger charge is 2.77. The Bertz CT molecular complexity index is 1950. The molecule has 246 valence electrons. The summed E-state index contributed by atoms with van der Waals surface area (Å²) in [5, 5.41) is 22.5. The molecule has 1 saturated carbocycles. The van der Waals surface area contributed by atoms with Gasteiger partial charge in [-0.2, -0.15) is 0 Å². The fourth-order valence-electron chi connectivity index (χ4n) is 6.26. The highest BCUT2D eigenvalue weighted by Crippen LogP contribution is 2.65. The zero-order valence-electron chi connectivity index (χ0n) is 23.2. The number of phosphoric acid groups is 1. The molecule has 0 spiro atoms. The van der Waals surface area contributed by atoms with Crippen molar-refractivity contribution in [1.82, 2.24) is 39.0 Å². The third-order valence-corrected chi connectivity index (χ3v) is 10.4. The SMILES string of the molecule is Nc1ncnc2c1ncn2[C@@H]1O[C@@H]2COP(=O)(O)COC3C4[C@H](n5cnc6c(N)ncnc65)C4(O)O[C@@H]3COP(=O)(O)OC1C2O. The van der Waals surface area contributed by atoms with Crippen molar-refractivity contribution in [2.45, 2.75) is 48.6 Å². The van der Waals surface area contributed by atoms with E-state index in [0.717, 1.165) is 6.33 Å². The lowest BCUT2D eigenvalue weighted by atomic mass is 10.1. The van der Waals surface area contributed by atoms with Crippen LogP contribution in [0.5, 0.6) is 0 Å². The summed E-state index contributed by atoms with van der Waals surface area (Å²) in [6.45, 7) is -1.33. The van der Waals surface area contributed by atoms with Gasteiger partial charge in [0.2, 0.25) is 0 Å². The van der Waals surface area contributed by atoms with Crippen molar-refractivity contribution >= 4 is 49.4 Å². The summed E-state index contributed by atoms with van der Waals surface area (Å²) in [6.07, 6.45) is -4.17. The van der Waals surface area contributed by atoms with Gasteiger partial charge in [-0.3, -0.25) is 18.2 Å². The molecule has 11 atom stereocenters. The maximum atomic E-state index is 13.2. The molecule has 4 aromatic rings. The minimum atomic E-state index is -5.00. The minimum Gasteiger partial charge on any atom is -0.387 e. The summed E-state index contributed by atoms with van der Waals surface area (Å²) in [7, 11) is -9.53. The predicted octanol–water partition coefficient (Wildman–Crippen LogP) is -1.59. The number of anilines is 2. The lowest BCUT2D eigenvalue weighted by Crippen LogP contribution is -2.38. The Morgan fingerprint density at radius 1 is 0.870 bits per heavy atom. The Kier molecular flexibility index (Phi) is 6.79. The molecule has 8 rings (SSSR count). The molecule has 4 fully saturated rings. The molecule has 4 aromatic heterocycles. The van der Waals surface area contributed by atoms with E-state index in [1.54, 1.807) is 0 Å². The van der Waals surface area contributed by atoms with Crippen molar-refractivity contribution in [3.63, 3.8) is 0 Å². The van der Waals surface area contributed by atoms with E-state index in [1.165, 1.54) is 28.1 Å². The third kappa shape index (κ3) is 4.73. The summed E-state index contributed by atoms with van der Waals surface area (Å²) in [4.78, 5) is 45.8. The van der Waals surface area contributed by atoms with Crippen molar-refractivity contribution in [2.75, 3.05) is 31.0 Å². The smallest absolute Gasteiger partial charge is 0.387 e. The lowest BCUT2D eigenvalue weighted by molar-refractivity contribution is -0.165. The van der Waals surface area contributed by atoms with Crippen LogP contribution in [0, 0.1) is 5.92 Å². The number of aliphatic hydroxyl groups is 2. The van der Waals surface area contributed by atoms with Crippen LogP contribution in [-0.2, 0) is 36.9 Å². The molecule has 0 aromatic carbocycles. The summed E-state index contributed by atoms with van der Waals surface area (Å²) in [6, 6.07) is -0.828. The van der Waals surface area contributed by atoms with Gasteiger partial charge >= 0.3 is 15.4 Å². The van der Waals surface area contributed by atoms with Crippen LogP contribution >= 0.6 is 15.4 Å². The summed E-state index contributed by atoms with van der Waals surface area (Å²) in [5.74, 6) is -2.61. The molecule has 8 N–H and O–H groups in total. The zero-order valence-corrected chi connectivity index (χ0v) is 25.0. The average molecular weight is 684 g/mol. The van der Waals surface area contributed by atoms with Crippen LogP contribution < -0.4 is 11.5 Å². The van der Waals surface area contributed by atoms with Crippen molar-refractivity contribution in [3.05, 3.63) is 25.3 Å². The van der Waals surface area contributed by atoms with Crippen LogP contribution in [0.4, 0.5) is 11.6 Å². The van der Waals surface area contributed by atoms with E-state index >= 15 is 0 Å². The number of ether oxygens (including phenoxy) is 3. The lowest BCUT2D eigenvalue weighted by Gasteiger charge is -2.28. The molecule has 2 bridgehead atoms. The molecule has 3 aliphatic heterocycles. The number of hydrogen-bond donors (Lipinski definition) is 6. The third-order valence-electron chi connectivity index (χ3n) is 8.38. The van der Waals surface area contributed by atoms with Gasteiger partial charge in [-0.15, -0.1) is 0 Å². The van der Waals surface area contributed by atoms with Crippen LogP contribution in [0.25, 0.3) is 22.3 Å². The first-order valence-corrected chi connectivity index (χ1v) is 17.0. The number of aromatic nitrogens is 8. The second-order valence-corrected chi connectivity index (χ2v) is 14.3. The fourth-order valence-corrected chi connectivity index (χ4v) is 8.01. The quantitative estimate of drug-likeness (QED) is 0.130.